The van der Waals surface area contributed by atoms with Crippen molar-refractivity contribution < 1.29 is 9.32 Å². The highest BCUT2D eigenvalue weighted by Gasteiger charge is 2.14. The standard InChI is InChI=1S/C16H21NO2S/c1-11(20(3)19)10-17-12(2)14-9-8-13-6-4-5-7-15(13)16(14)18/h4-9,11-12,17-18H,10H2,1-3H3. The minimum Gasteiger partial charge on any atom is -0.507 e. The topological polar surface area (TPSA) is 49.3 Å². The number of rotatable bonds is 5. The second kappa shape index (κ2) is 6.37. The maximum atomic E-state index is 11.4. The Hall–Kier alpha value is -1.39. The predicted molar refractivity (Wildman–Crippen MR) is 85.6 cm³/mol. The third kappa shape index (κ3) is 3.19. The van der Waals surface area contributed by atoms with Crippen LogP contribution in [-0.2, 0) is 10.8 Å². The summed E-state index contributed by atoms with van der Waals surface area (Å²) in [4.78, 5) is 0. The molecule has 2 N–H and O–H groups in total. The van der Waals surface area contributed by atoms with Crippen LogP contribution >= 0.6 is 0 Å². The molecule has 20 heavy (non-hydrogen) atoms. The number of phenolic OH excluding ortho intramolecular Hbond substituents is 1. The maximum Gasteiger partial charge on any atom is 0.128 e. The molecular formula is C16H21NO2S. The fraction of sp³-hybridized carbons (Fsp3) is 0.375. The van der Waals surface area contributed by atoms with Crippen molar-refractivity contribution in [1.82, 2.24) is 5.32 Å². The Kier molecular flexibility index (Phi) is 4.78. The van der Waals surface area contributed by atoms with Crippen LogP contribution in [0.5, 0.6) is 5.75 Å². The summed E-state index contributed by atoms with van der Waals surface area (Å²) in [6.45, 7) is 4.63. The zero-order valence-electron chi connectivity index (χ0n) is 12.1. The van der Waals surface area contributed by atoms with Crippen LogP contribution in [0, 0.1) is 0 Å². The second-order valence-electron chi connectivity index (χ2n) is 5.16. The second-order valence-corrected chi connectivity index (χ2v) is 6.97. The molecule has 2 rings (SSSR count). The largest absolute Gasteiger partial charge is 0.507 e. The molecule has 0 fully saturated rings. The van der Waals surface area contributed by atoms with Gasteiger partial charge in [0.05, 0.1) is 0 Å². The minimum atomic E-state index is -0.836. The molecular weight excluding hydrogens is 270 g/mol. The minimum absolute atomic E-state index is 0.0191. The molecule has 0 radical (unpaired) electrons. The van der Waals surface area contributed by atoms with Gasteiger partial charge in [-0.3, -0.25) is 4.21 Å². The lowest BCUT2D eigenvalue weighted by molar-refractivity contribution is 0.459. The summed E-state index contributed by atoms with van der Waals surface area (Å²) in [6.07, 6.45) is 1.71. The van der Waals surface area contributed by atoms with Crippen molar-refractivity contribution in [3.05, 3.63) is 42.0 Å². The maximum absolute atomic E-state index is 11.4. The summed E-state index contributed by atoms with van der Waals surface area (Å²) in [5.41, 5.74) is 0.873. The summed E-state index contributed by atoms with van der Waals surface area (Å²) in [5, 5.41) is 15.7. The number of hydrogen-bond donors (Lipinski definition) is 2. The van der Waals surface area contributed by atoms with Crippen LogP contribution < -0.4 is 5.32 Å². The van der Waals surface area contributed by atoms with E-state index in [0.717, 1.165) is 16.3 Å². The van der Waals surface area contributed by atoms with E-state index in [1.807, 2.05) is 50.2 Å². The predicted octanol–water partition coefficient (Wildman–Crippen LogP) is 2.96. The van der Waals surface area contributed by atoms with E-state index in [1.165, 1.54) is 0 Å². The first-order valence-electron chi connectivity index (χ1n) is 6.77. The van der Waals surface area contributed by atoms with E-state index in [4.69, 9.17) is 0 Å². The number of fused-ring (bicyclic) bond motifs is 1. The van der Waals surface area contributed by atoms with Crippen molar-refractivity contribution in [2.24, 2.45) is 0 Å². The van der Waals surface area contributed by atoms with E-state index in [9.17, 15) is 9.32 Å². The highest BCUT2D eigenvalue weighted by Crippen LogP contribution is 2.32. The smallest absolute Gasteiger partial charge is 0.128 e. The molecule has 0 saturated heterocycles. The molecule has 0 aromatic heterocycles. The highest BCUT2D eigenvalue weighted by molar-refractivity contribution is 7.84. The lowest BCUT2D eigenvalue weighted by atomic mass is 10.0. The zero-order chi connectivity index (χ0) is 14.7. The number of aromatic hydroxyl groups is 1. The fourth-order valence-corrected chi connectivity index (χ4v) is 2.52. The summed E-state index contributed by atoms with van der Waals surface area (Å²) in [5.74, 6) is 0.327. The fourth-order valence-electron chi connectivity index (χ4n) is 2.19. The van der Waals surface area contributed by atoms with E-state index in [0.29, 0.717) is 12.3 Å². The van der Waals surface area contributed by atoms with E-state index in [-0.39, 0.29) is 11.3 Å². The first-order chi connectivity index (χ1) is 9.50. The Balaban J connectivity index is 2.20. The summed E-state index contributed by atoms with van der Waals surface area (Å²) < 4.78 is 11.4. The monoisotopic (exact) mass is 291 g/mol. The molecule has 2 aromatic rings. The lowest BCUT2D eigenvalue weighted by Crippen LogP contribution is -2.29. The first-order valence-corrected chi connectivity index (χ1v) is 8.39. The SMILES string of the molecule is CC(NCC(C)S(C)=O)c1ccc2ccccc2c1O. The van der Waals surface area contributed by atoms with Gasteiger partial charge >= 0.3 is 0 Å². The van der Waals surface area contributed by atoms with Gasteiger partial charge in [0.25, 0.3) is 0 Å². The third-order valence-corrected chi connectivity index (χ3v) is 4.98. The van der Waals surface area contributed by atoms with Crippen molar-refractivity contribution >= 4 is 21.6 Å². The first kappa shape index (κ1) is 15.0. The van der Waals surface area contributed by atoms with Gasteiger partial charge in [0.15, 0.2) is 0 Å². The average Bonchev–Trinajstić information content (AvgIpc) is 2.45. The van der Waals surface area contributed by atoms with E-state index in [1.54, 1.807) is 6.26 Å². The summed E-state index contributed by atoms with van der Waals surface area (Å²) in [7, 11) is -0.836. The number of benzene rings is 2. The highest BCUT2D eigenvalue weighted by atomic mass is 32.2. The van der Waals surface area contributed by atoms with Gasteiger partial charge in [-0.05, 0) is 19.2 Å². The number of nitrogens with one attached hydrogen (secondary N) is 1. The van der Waals surface area contributed by atoms with E-state index >= 15 is 0 Å². The Morgan fingerprint density at radius 1 is 1.20 bits per heavy atom. The van der Waals surface area contributed by atoms with E-state index in [2.05, 4.69) is 5.32 Å². The number of phenols is 1. The molecule has 0 amide bonds. The van der Waals surface area contributed by atoms with Crippen LogP contribution in [-0.4, -0.2) is 27.4 Å². The van der Waals surface area contributed by atoms with Crippen molar-refractivity contribution in [2.75, 3.05) is 12.8 Å². The van der Waals surface area contributed by atoms with Gasteiger partial charge in [-0.25, -0.2) is 0 Å². The van der Waals surface area contributed by atoms with Crippen LogP contribution in [0.25, 0.3) is 10.8 Å². The van der Waals surface area contributed by atoms with Crippen LogP contribution in [0.2, 0.25) is 0 Å². The van der Waals surface area contributed by atoms with Crippen molar-refractivity contribution in [3.63, 3.8) is 0 Å². The van der Waals surface area contributed by atoms with Gasteiger partial charge in [0.1, 0.15) is 5.75 Å². The van der Waals surface area contributed by atoms with Gasteiger partial charge < -0.3 is 10.4 Å². The normalized spacial score (nSPS) is 15.9. The molecule has 0 heterocycles. The van der Waals surface area contributed by atoms with Crippen LogP contribution in [0.4, 0.5) is 0 Å². The Morgan fingerprint density at radius 3 is 2.60 bits per heavy atom. The van der Waals surface area contributed by atoms with E-state index < -0.39 is 10.8 Å². The lowest BCUT2D eigenvalue weighted by Gasteiger charge is -2.18. The summed E-state index contributed by atoms with van der Waals surface area (Å²) in [6, 6.07) is 11.8. The molecule has 0 bridgehead atoms. The van der Waals surface area contributed by atoms with Crippen LogP contribution in [0.3, 0.4) is 0 Å². The summed E-state index contributed by atoms with van der Waals surface area (Å²) >= 11 is 0. The Bertz CT molecular complexity index is 627. The molecule has 0 aliphatic heterocycles. The molecule has 3 nitrogen and oxygen atoms in total. The van der Waals surface area contributed by atoms with Crippen molar-refractivity contribution in [3.8, 4) is 5.75 Å². The molecule has 108 valence electrons. The Morgan fingerprint density at radius 2 is 1.90 bits per heavy atom. The van der Waals surface area contributed by atoms with Crippen LogP contribution in [0.1, 0.15) is 25.5 Å². The van der Waals surface area contributed by atoms with Gasteiger partial charge in [-0.1, -0.05) is 36.4 Å². The molecule has 2 aromatic carbocycles. The quantitative estimate of drug-likeness (QED) is 0.890. The van der Waals surface area contributed by atoms with Gasteiger partial charge in [-0.15, -0.1) is 0 Å². The molecule has 4 heteroatoms. The van der Waals surface area contributed by atoms with Gasteiger partial charge in [0, 0.05) is 45.8 Å². The average molecular weight is 291 g/mol. The molecule has 0 aliphatic carbocycles. The number of hydrogen-bond acceptors (Lipinski definition) is 3. The third-order valence-electron chi connectivity index (χ3n) is 3.68. The zero-order valence-corrected chi connectivity index (χ0v) is 12.9. The molecule has 0 aliphatic rings. The molecule has 3 unspecified atom stereocenters. The van der Waals surface area contributed by atoms with Gasteiger partial charge in [-0.2, -0.15) is 0 Å². The molecule has 0 saturated carbocycles. The van der Waals surface area contributed by atoms with Crippen molar-refractivity contribution in [2.45, 2.75) is 25.1 Å². The molecule has 0 spiro atoms. The van der Waals surface area contributed by atoms with Gasteiger partial charge in [0.2, 0.25) is 0 Å². The van der Waals surface area contributed by atoms with Crippen molar-refractivity contribution in [1.29, 1.82) is 0 Å². The van der Waals surface area contributed by atoms with Crippen LogP contribution in [0.15, 0.2) is 36.4 Å². The Labute approximate surface area is 122 Å². The molecule has 3 atom stereocenters.